The summed E-state index contributed by atoms with van der Waals surface area (Å²) in [5.74, 6) is -0.0556. The summed E-state index contributed by atoms with van der Waals surface area (Å²) in [4.78, 5) is 26.1. The van der Waals surface area contributed by atoms with Gasteiger partial charge in [-0.3, -0.25) is 9.59 Å². The maximum Gasteiger partial charge on any atom is 0.225 e. The summed E-state index contributed by atoms with van der Waals surface area (Å²) in [5, 5.41) is 6.27. The first-order valence-corrected chi connectivity index (χ1v) is 8.73. The largest absolute Gasteiger partial charge is 0.349 e. The summed E-state index contributed by atoms with van der Waals surface area (Å²) >= 11 is 3.40. The van der Waals surface area contributed by atoms with Crippen LogP contribution in [0.2, 0.25) is 0 Å². The predicted molar refractivity (Wildman–Crippen MR) is 101 cm³/mol. The van der Waals surface area contributed by atoms with Crippen LogP contribution in [0.3, 0.4) is 0 Å². The van der Waals surface area contributed by atoms with Crippen LogP contribution in [0.1, 0.15) is 38.8 Å². The number of nitrogens with one attached hydrogen (secondary N) is 2. The van der Waals surface area contributed by atoms with Crippen LogP contribution in [0.5, 0.6) is 0 Å². The number of carbonyl (C=O) groups is 2. The van der Waals surface area contributed by atoms with Crippen molar-refractivity contribution in [2.24, 2.45) is 0 Å². The van der Waals surface area contributed by atoms with Gasteiger partial charge in [-0.05, 0) is 31.5 Å². The number of hydrogen-bond acceptors (Lipinski definition) is 3. The van der Waals surface area contributed by atoms with Crippen molar-refractivity contribution >= 4 is 40.2 Å². The fourth-order valence-electron chi connectivity index (χ4n) is 2.89. The number of hydrogen-bond donors (Lipinski definition) is 2. The number of halogens is 2. The van der Waals surface area contributed by atoms with Crippen LogP contribution in [0.4, 0.5) is 0 Å². The molecule has 1 aliphatic rings. The molecular formula is C17H25BrClN3O2. The number of rotatable bonds is 4. The van der Waals surface area contributed by atoms with E-state index in [1.165, 1.54) is 6.92 Å². The summed E-state index contributed by atoms with van der Waals surface area (Å²) in [5.41, 5.74) is 0.938. The Morgan fingerprint density at radius 3 is 2.54 bits per heavy atom. The molecule has 5 nitrogen and oxygen atoms in total. The topological polar surface area (TPSA) is 61.4 Å². The molecule has 2 N–H and O–H groups in total. The van der Waals surface area contributed by atoms with E-state index in [2.05, 4.69) is 40.4 Å². The van der Waals surface area contributed by atoms with Gasteiger partial charge >= 0.3 is 0 Å². The van der Waals surface area contributed by atoms with Crippen molar-refractivity contribution in [1.29, 1.82) is 0 Å². The minimum Gasteiger partial charge on any atom is -0.349 e. The molecule has 1 saturated heterocycles. The van der Waals surface area contributed by atoms with Gasteiger partial charge in [0.1, 0.15) is 0 Å². The highest BCUT2D eigenvalue weighted by atomic mass is 79.9. The normalized spacial score (nSPS) is 21.6. The predicted octanol–water partition coefficient (Wildman–Crippen LogP) is 2.65. The molecular weight excluding hydrogens is 394 g/mol. The second-order valence-corrected chi connectivity index (χ2v) is 6.99. The van der Waals surface area contributed by atoms with Crippen LogP contribution in [0, 0.1) is 0 Å². The van der Waals surface area contributed by atoms with Crippen LogP contribution < -0.4 is 10.6 Å². The molecule has 0 aliphatic carbocycles. The molecule has 1 aliphatic heterocycles. The molecule has 0 saturated carbocycles. The lowest BCUT2D eigenvalue weighted by atomic mass is 10.0. The molecule has 3 unspecified atom stereocenters. The van der Waals surface area contributed by atoms with Crippen molar-refractivity contribution in [3.8, 4) is 0 Å². The molecule has 7 heteroatoms. The van der Waals surface area contributed by atoms with Gasteiger partial charge in [0.15, 0.2) is 0 Å². The zero-order valence-electron chi connectivity index (χ0n) is 14.2. The Labute approximate surface area is 158 Å². The Balaban J connectivity index is 0.00000288. The highest BCUT2D eigenvalue weighted by molar-refractivity contribution is 9.10. The van der Waals surface area contributed by atoms with Gasteiger partial charge in [-0.2, -0.15) is 0 Å². The molecule has 1 aromatic carbocycles. The Morgan fingerprint density at radius 1 is 1.33 bits per heavy atom. The number of piperazine rings is 1. The summed E-state index contributed by atoms with van der Waals surface area (Å²) < 4.78 is 0.971. The van der Waals surface area contributed by atoms with Crippen molar-refractivity contribution in [1.82, 2.24) is 15.5 Å². The first-order valence-electron chi connectivity index (χ1n) is 7.94. The van der Waals surface area contributed by atoms with Crippen LogP contribution >= 0.6 is 28.3 Å². The molecule has 2 amide bonds. The summed E-state index contributed by atoms with van der Waals surface area (Å²) in [6.45, 7) is 7.13. The molecule has 0 spiro atoms. The van der Waals surface area contributed by atoms with Gasteiger partial charge in [0, 0.05) is 36.6 Å². The molecule has 0 radical (unpaired) electrons. The third-order valence-corrected chi connectivity index (χ3v) is 4.91. The maximum atomic E-state index is 12.7. The molecule has 1 fully saturated rings. The highest BCUT2D eigenvalue weighted by Crippen LogP contribution is 2.22. The van der Waals surface area contributed by atoms with E-state index in [-0.39, 0.29) is 48.8 Å². The van der Waals surface area contributed by atoms with E-state index < -0.39 is 0 Å². The van der Waals surface area contributed by atoms with Crippen molar-refractivity contribution in [2.45, 2.75) is 45.3 Å². The van der Waals surface area contributed by atoms with Crippen LogP contribution in [-0.2, 0) is 9.59 Å². The summed E-state index contributed by atoms with van der Waals surface area (Å²) in [7, 11) is 0. The van der Waals surface area contributed by atoms with Gasteiger partial charge in [0.05, 0.1) is 12.5 Å². The Kier molecular flexibility index (Phi) is 8.19. The summed E-state index contributed by atoms with van der Waals surface area (Å²) in [6.07, 6.45) is 0.276. The lowest BCUT2D eigenvalue weighted by molar-refractivity contribution is -0.135. The van der Waals surface area contributed by atoms with Gasteiger partial charge < -0.3 is 15.5 Å². The van der Waals surface area contributed by atoms with Gasteiger partial charge in [-0.15, -0.1) is 12.4 Å². The van der Waals surface area contributed by atoms with Crippen LogP contribution in [0.25, 0.3) is 0 Å². The van der Waals surface area contributed by atoms with Gasteiger partial charge in [0.2, 0.25) is 11.8 Å². The van der Waals surface area contributed by atoms with E-state index in [0.29, 0.717) is 6.54 Å². The number of carbonyl (C=O) groups excluding carboxylic acids is 2. The molecule has 2 rings (SSSR count). The average Bonchev–Trinajstić information content (AvgIpc) is 2.49. The first kappa shape index (κ1) is 20.9. The lowest BCUT2D eigenvalue weighted by Gasteiger charge is -2.39. The molecule has 1 heterocycles. The van der Waals surface area contributed by atoms with Gasteiger partial charge in [0.25, 0.3) is 0 Å². The molecule has 0 bridgehead atoms. The third kappa shape index (κ3) is 5.46. The van der Waals surface area contributed by atoms with Crippen LogP contribution in [0.15, 0.2) is 28.7 Å². The second kappa shape index (κ2) is 9.39. The van der Waals surface area contributed by atoms with E-state index >= 15 is 0 Å². The second-order valence-electron chi connectivity index (χ2n) is 6.08. The number of benzene rings is 1. The molecule has 0 aromatic heterocycles. The van der Waals surface area contributed by atoms with E-state index in [0.717, 1.165) is 16.6 Å². The van der Waals surface area contributed by atoms with Gasteiger partial charge in [-0.25, -0.2) is 0 Å². The van der Waals surface area contributed by atoms with E-state index in [1.54, 1.807) is 0 Å². The molecule has 1 aromatic rings. The Bertz CT molecular complexity index is 567. The number of nitrogens with zero attached hydrogens (tertiary/aromatic N) is 1. The Hall–Kier alpha value is -1.11. The fraction of sp³-hybridized carbons (Fsp3) is 0.529. The molecule has 134 valence electrons. The quantitative estimate of drug-likeness (QED) is 0.790. The van der Waals surface area contributed by atoms with Crippen LogP contribution in [-0.4, -0.2) is 41.9 Å². The standard InChI is InChI=1S/C17H24BrN3O2.ClH/c1-11-12(2)21(9-8-19-11)17(23)10-16(20-13(3)22)14-4-6-15(18)7-5-14;/h4-7,11-12,16,19H,8-10H2,1-3H3,(H,20,22);1H. The van der Waals surface area contributed by atoms with Crippen molar-refractivity contribution < 1.29 is 9.59 Å². The SMILES string of the molecule is CC(=O)NC(CC(=O)N1CCNC(C)C1C)c1ccc(Br)cc1.Cl. The smallest absolute Gasteiger partial charge is 0.225 e. The van der Waals surface area contributed by atoms with Crippen molar-refractivity contribution in [2.75, 3.05) is 13.1 Å². The first-order chi connectivity index (χ1) is 10.9. The lowest BCUT2D eigenvalue weighted by Crippen LogP contribution is -2.57. The third-order valence-electron chi connectivity index (χ3n) is 4.38. The van der Waals surface area contributed by atoms with E-state index in [4.69, 9.17) is 0 Å². The van der Waals surface area contributed by atoms with E-state index in [9.17, 15) is 9.59 Å². The monoisotopic (exact) mass is 417 g/mol. The van der Waals surface area contributed by atoms with Gasteiger partial charge in [-0.1, -0.05) is 28.1 Å². The van der Waals surface area contributed by atoms with Crippen molar-refractivity contribution in [3.63, 3.8) is 0 Å². The minimum absolute atomic E-state index is 0. The maximum absolute atomic E-state index is 12.7. The Morgan fingerprint density at radius 2 is 1.96 bits per heavy atom. The fourth-order valence-corrected chi connectivity index (χ4v) is 3.16. The zero-order chi connectivity index (χ0) is 17.0. The highest BCUT2D eigenvalue weighted by Gasteiger charge is 2.29. The molecule has 24 heavy (non-hydrogen) atoms. The molecule has 3 atom stereocenters. The summed E-state index contributed by atoms with van der Waals surface area (Å²) in [6, 6.07) is 7.84. The zero-order valence-corrected chi connectivity index (χ0v) is 16.6. The van der Waals surface area contributed by atoms with E-state index in [1.807, 2.05) is 29.2 Å². The number of amides is 2. The minimum atomic E-state index is -0.300. The van der Waals surface area contributed by atoms with Crippen molar-refractivity contribution in [3.05, 3.63) is 34.3 Å². The average molecular weight is 419 g/mol.